The number of rotatable bonds is 6. The van der Waals surface area contributed by atoms with Crippen molar-refractivity contribution in [1.29, 1.82) is 0 Å². The number of hydrogen-bond acceptors (Lipinski definition) is 7. The lowest BCUT2D eigenvalue weighted by molar-refractivity contribution is -0.145. The van der Waals surface area contributed by atoms with Crippen LogP contribution in [-0.2, 0) is 17.6 Å². The molecule has 0 spiro atoms. The quantitative estimate of drug-likeness (QED) is 0.519. The van der Waals surface area contributed by atoms with Crippen molar-refractivity contribution in [2.24, 2.45) is 0 Å². The zero-order valence-electron chi connectivity index (χ0n) is 14.3. The van der Waals surface area contributed by atoms with Crippen molar-refractivity contribution >= 4 is 50.1 Å². The summed E-state index contributed by atoms with van der Waals surface area (Å²) in [6.07, 6.45) is 1.29. The zero-order chi connectivity index (χ0) is 19.0. The normalized spacial score (nSPS) is 13.7. The second-order valence-electron chi connectivity index (χ2n) is 5.85. The molecule has 2 aromatic heterocycles. The Morgan fingerprint density at radius 1 is 1.41 bits per heavy atom. The van der Waals surface area contributed by atoms with E-state index >= 15 is 0 Å². The van der Waals surface area contributed by atoms with Gasteiger partial charge in [-0.05, 0) is 35.1 Å². The van der Waals surface area contributed by atoms with E-state index < -0.39 is 12.1 Å². The van der Waals surface area contributed by atoms with Crippen molar-refractivity contribution in [1.82, 2.24) is 9.97 Å². The van der Waals surface area contributed by atoms with Gasteiger partial charge in [-0.15, -0.1) is 11.3 Å². The van der Waals surface area contributed by atoms with E-state index in [9.17, 15) is 9.90 Å². The van der Waals surface area contributed by atoms with Gasteiger partial charge >= 0.3 is 5.97 Å². The van der Waals surface area contributed by atoms with Gasteiger partial charge in [-0.2, -0.15) is 0 Å². The molecule has 0 saturated heterocycles. The number of carboxylic acid groups (broad SMARTS) is 1. The highest BCUT2D eigenvalue weighted by Gasteiger charge is 2.27. The topological polar surface area (TPSA) is 90.8 Å². The molecule has 27 heavy (non-hydrogen) atoms. The fraction of sp³-hybridized carbons (Fsp3) is 0.278. The fourth-order valence-corrected chi connectivity index (χ4v) is 5.24. The number of fused-ring (bicyclic) bond motifs is 2. The van der Waals surface area contributed by atoms with E-state index in [1.165, 1.54) is 11.2 Å². The van der Waals surface area contributed by atoms with Gasteiger partial charge in [0.25, 0.3) is 0 Å². The first-order chi connectivity index (χ1) is 13.1. The highest BCUT2D eigenvalue weighted by molar-refractivity contribution is 14.1. The predicted octanol–water partition coefficient (Wildman–Crippen LogP) is 3.66. The predicted molar refractivity (Wildman–Crippen MR) is 108 cm³/mol. The third-order valence-electron chi connectivity index (χ3n) is 4.20. The van der Waals surface area contributed by atoms with Crippen molar-refractivity contribution in [2.45, 2.75) is 25.9 Å². The summed E-state index contributed by atoms with van der Waals surface area (Å²) in [5.74, 6) is 0.399. The zero-order valence-corrected chi connectivity index (χ0v) is 17.2. The Kier molecular flexibility index (Phi) is 5.04. The number of aliphatic carboxylic acids is 1. The summed E-state index contributed by atoms with van der Waals surface area (Å²) in [6, 6.07) is 5.41. The summed E-state index contributed by atoms with van der Waals surface area (Å²) >= 11 is 3.81. The molecule has 0 bridgehead atoms. The summed E-state index contributed by atoms with van der Waals surface area (Å²) in [7, 11) is 0. The average molecular weight is 498 g/mol. The Morgan fingerprint density at radius 2 is 2.26 bits per heavy atom. The molecule has 140 valence electrons. The molecule has 0 fully saturated rings. The van der Waals surface area contributed by atoms with Gasteiger partial charge in [-0.1, -0.05) is 19.1 Å². The van der Waals surface area contributed by atoms with Gasteiger partial charge < -0.3 is 19.3 Å². The number of thiophene rings is 1. The van der Waals surface area contributed by atoms with E-state index in [2.05, 4.69) is 39.5 Å². The lowest BCUT2D eigenvalue weighted by Gasteiger charge is -2.16. The summed E-state index contributed by atoms with van der Waals surface area (Å²) in [5, 5.41) is 10.5. The van der Waals surface area contributed by atoms with Crippen molar-refractivity contribution in [3.8, 4) is 17.4 Å². The average Bonchev–Trinajstić information content (AvgIpc) is 3.26. The number of hydrogen-bond donors (Lipinski definition) is 1. The molecule has 1 N–H and O–H groups in total. The number of aryl methyl sites for hydroxylation is 1. The molecule has 1 atom stereocenters. The van der Waals surface area contributed by atoms with Gasteiger partial charge in [0, 0.05) is 20.4 Å². The monoisotopic (exact) mass is 498 g/mol. The Hall–Kier alpha value is -2.14. The van der Waals surface area contributed by atoms with E-state index in [1.54, 1.807) is 23.5 Å². The van der Waals surface area contributed by atoms with Gasteiger partial charge in [0.15, 0.2) is 11.5 Å². The van der Waals surface area contributed by atoms with Gasteiger partial charge in [0.2, 0.25) is 18.8 Å². The largest absolute Gasteiger partial charge is 0.478 e. The molecule has 0 saturated carbocycles. The smallest absolute Gasteiger partial charge is 0.345 e. The summed E-state index contributed by atoms with van der Waals surface area (Å²) in [5.41, 5.74) is 0.719. The SMILES string of the molecule is CCc1sc2ncnc(O[C@H](Cc3cccc4c3OCO4)C(=O)O)c2c1I. The second-order valence-corrected chi connectivity index (χ2v) is 8.01. The van der Waals surface area contributed by atoms with Crippen LogP contribution in [-0.4, -0.2) is 33.9 Å². The minimum atomic E-state index is -1.11. The van der Waals surface area contributed by atoms with Crippen LogP contribution in [0.3, 0.4) is 0 Å². The fourth-order valence-electron chi connectivity index (χ4n) is 2.90. The second kappa shape index (κ2) is 7.47. The van der Waals surface area contributed by atoms with Gasteiger partial charge in [0.05, 0.1) is 5.39 Å². The molecule has 7 nitrogen and oxygen atoms in total. The van der Waals surface area contributed by atoms with Crippen molar-refractivity contribution in [3.05, 3.63) is 38.5 Å². The summed E-state index contributed by atoms with van der Waals surface area (Å²) in [4.78, 5) is 22.3. The molecule has 4 rings (SSSR count). The maximum atomic E-state index is 11.9. The molecular weight excluding hydrogens is 483 g/mol. The van der Waals surface area contributed by atoms with E-state index in [4.69, 9.17) is 14.2 Å². The molecule has 1 aromatic carbocycles. The maximum Gasteiger partial charge on any atom is 0.345 e. The minimum absolute atomic E-state index is 0.129. The third kappa shape index (κ3) is 3.41. The number of para-hydroxylation sites is 1. The van der Waals surface area contributed by atoms with Crippen LogP contribution in [0.5, 0.6) is 17.4 Å². The van der Waals surface area contributed by atoms with Crippen LogP contribution in [0.4, 0.5) is 0 Å². The lowest BCUT2D eigenvalue weighted by atomic mass is 10.1. The maximum absolute atomic E-state index is 11.9. The third-order valence-corrected chi connectivity index (χ3v) is 6.99. The Labute approximate surface area is 172 Å². The number of aromatic nitrogens is 2. The highest BCUT2D eigenvalue weighted by atomic mass is 127. The number of carboxylic acids is 1. The van der Waals surface area contributed by atoms with Crippen molar-refractivity contribution < 1.29 is 24.1 Å². The van der Waals surface area contributed by atoms with Crippen molar-refractivity contribution in [3.63, 3.8) is 0 Å². The van der Waals surface area contributed by atoms with E-state index in [1.807, 2.05) is 6.07 Å². The van der Waals surface area contributed by atoms with Gasteiger partial charge in [-0.25, -0.2) is 14.8 Å². The van der Waals surface area contributed by atoms with Crippen LogP contribution in [0.1, 0.15) is 17.4 Å². The first-order valence-electron chi connectivity index (χ1n) is 8.27. The summed E-state index contributed by atoms with van der Waals surface area (Å²) < 4.78 is 17.7. The van der Waals surface area contributed by atoms with Crippen LogP contribution >= 0.6 is 33.9 Å². The van der Waals surface area contributed by atoms with E-state index in [0.29, 0.717) is 11.5 Å². The van der Waals surface area contributed by atoms with Crippen LogP contribution < -0.4 is 14.2 Å². The molecule has 0 radical (unpaired) electrons. The molecule has 0 amide bonds. The molecule has 3 aromatic rings. The number of carbonyl (C=O) groups is 1. The van der Waals surface area contributed by atoms with Crippen LogP contribution in [0.2, 0.25) is 0 Å². The molecule has 1 aliphatic heterocycles. The summed E-state index contributed by atoms with van der Waals surface area (Å²) in [6.45, 7) is 2.20. The van der Waals surface area contributed by atoms with E-state index in [0.717, 1.165) is 25.8 Å². The Balaban J connectivity index is 1.67. The minimum Gasteiger partial charge on any atom is -0.478 e. The molecular formula is C18H15IN2O5S. The number of halogens is 1. The highest BCUT2D eigenvalue weighted by Crippen LogP contribution is 2.38. The molecule has 1 aliphatic rings. The number of nitrogens with zero attached hydrogens (tertiary/aromatic N) is 2. The first-order valence-corrected chi connectivity index (χ1v) is 10.2. The lowest BCUT2D eigenvalue weighted by Crippen LogP contribution is -2.30. The van der Waals surface area contributed by atoms with E-state index in [-0.39, 0.29) is 19.1 Å². The van der Waals surface area contributed by atoms with Gasteiger partial charge in [-0.3, -0.25) is 0 Å². The molecule has 3 heterocycles. The molecule has 9 heteroatoms. The first kappa shape index (κ1) is 18.2. The van der Waals surface area contributed by atoms with Crippen molar-refractivity contribution in [2.75, 3.05) is 6.79 Å². The Morgan fingerprint density at radius 3 is 3.04 bits per heavy atom. The number of ether oxygens (including phenoxy) is 3. The van der Waals surface area contributed by atoms with Crippen LogP contribution in [0.25, 0.3) is 10.2 Å². The molecule has 0 aliphatic carbocycles. The molecule has 0 unspecified atom stereocenters. The van der Waals surface area contributed by atoms with Crippen LogP contribution in [0.15, 0.2) is 24.5 Å². The standard InChI is InChI=1S/C18H15IN2O5S/c1-2-12-14(19)13-16(20-7-21-17(13)27-12)26-11(18(22)23)6-9-4-3-5-10-15(9)25-8-24-10/h3-5,7,11H,2,6,8H2,1H3,(H,22,23)/t11-/m1/s1. The van der Waals surface area contributed by atoms with Crippen LogP contribution in [0, 0.1) is 3.57 Å². The Bertz CT molecular complexity index is 1020. The number of benzene rings is 1. The van der Waals surface area contributed by atoms with Gasteiger partial charge in [0.1, 0.15) is 11.2 Å².